The molecule has 0 saturated carbocycles. The zero-order valence-corrected chi connectivity index (χ0v) is 14.4. The first-order valence-corrected chi connectivity index (χ1v) is 5.24. The van der Waals surface area contributed by atoms with Gasteiger partial charge in [0, 0.05) is 0 Å². The second-order valence-corrected chi connectivity index (χ2v) is 5.99. The molecular formula is C14H21K. The molecule has 78 valence electrons. The molecule has 0 spiro atoms. The van der Waals surface area contributed by atoms with E-state index in [0.717, 1.165) is 0 Å². The Hall–Kier alpha value is 0.856. The van der Waals surface area contributed by atoms with Crippen molar-refractivity contribution in [1.82, 2.24) is 0 Å². The van der Waals surface area contributed by atoms with Crippen molar-refractivity contribution < 1.29 is 51.4 Å². The van der Waals surface area contributed by atoms with Crippen LogP contribution in [0, 0.1) is 6.07 Å². The van der Waals surface area contributed by atoms with E-state index in [1.165, 1.54) is 11.1 Å². The normalized spacial score (nSPS) is 12.1. The molecule has 0 aromatic heterocycles. The van der Waals surface area contributed by atoms with Crippen molar-refractivity contribution in [3.63, 3.8) is 0 Å². The van der Waals surface area contributed by atoms with Gasteiger partial charge < -0.3 is 0 Å². The van der Waals surface area contributed by atoms with E-state index in [1.54, 1.807) is 0 Å². The van der Waals surface area contributed by atoms with Gasteiger partial charge in [-0.15, -0.1) is 0 Å². The second kappa shape index (κ2) is 5.46. The van der Waals surface area contributed by atoms with Crippen LogP contribution < -0.4 is 51.4 Å². The van der Waals surface area contributed by atoms with Gasteiger partial charge in [0.2, 0.25) is 0 Å². The summed E-state index contributed by atoms with van der Waals surface area (Å²) in [5.41, 5.74) is 3.07. The van der Waals surface area contributed by atoms with Gasteiger partial charge >= 0.3 is 51.4 Å². The average Bonchev–Trinajstić information content (AvgIpc) is 2.01. The van der Waals surface area contributed by atoms with Gasteiger partial charge in [-0.2, -0.15) is 35.4 Å². The van der Waals surface area contributed by atoms with E-state index < -0.39 is 0 Å². The summed E-state index contributed by atoms with van der Waals surface area (Å²) in [5, 5.41) is 0. The predicted octanol–water partition coefficient (Wildman–Crippen LogP) is 1.09. The quantitative estimate of drug-likeness (QED) is 0.461. The first-order valence-electron chi connectivity index (χ1n) is 5.24. The van der Waals surface area contributed by atoms with Crippen LogP contribution in [0.4, 0.5) is 0 Å². The maximum atomic E-state index is 3.38. The minimum atomic E-state index is 0. The van der Waals surface area contributed by atoms with E-state index in [0.29, 0.717) is 0 Å². The van der Waals surface area contributed by atoms with Gasteiger partial charge in [0.25, 0.3) is 0 Å². The molecule has 0 heterocycles. The second-order valence-electron chi connectivity index (χ2n) is 5.99. The molecule has 1 heteroatoms. The summed E-state index contributed by atoms with van der Waals surface area (Å²) in [6, 6.07) is 9.92. The van der Waals surface area contributed by atoms with Crippen LogP contribution in [0.25, 0.3) is 0 Å². The van der Waals surface area contributed by atoms with E-state index in [4.69, 9.17) is 0 Å². The third kappa shape index (κ3) is 4.70. The molecule has 1 aromatic carbocycles. The van der Waals surface area contributed by atoms with Crippen molar-refractivity contribution in [2.45, 2.75) is 52.4 Å². The SMILES string of the molecule is CC(C)(C)c1[c-]cc(C(C)(C)C)cc1.[K+]. The summed E-state index contributed by atoms with van der Waals surface area (Å²) in [7, 11) is 0. The Morgan fingerprint density at radius 3 is 1.67 bits per heavy atom. The maximum absolute atomic E-state index is 3.38. The molecule has 0 saturated heterocycles. The average molecular weight is 228 g/mol. The first-order chi connectivity index (χ1) is 6.21. The van der Waals surface area contributed by atoms with E-state index in [2.05, 4.69) is 65.8 Å². The topological polar surface area (TPSA) is 0 Å². The van der Waals surface area contributed by atoms with Crippen molar-refractivity contribution in [3.05, 3.63) is 35.4 Å². The summed E-state index contributed by atoms with van der Waals surface area (Å²) >= 11 is 0. The molecule has 0 amide bonds. The number of hydrogen-bond donors (Lipinski definition) is 0. The Morgan fingerprint density at radius 1 is 0.867 bits per heavy atom. The van der Waals surface area contributed by atoms with Gasteiger partial charge in [0.1, 0.15) is 0 Å². The Morgan fingerprint density at radius 2 is 1.40 bits per heavy atom. The number of benzene rings is 1. The van der Waals surface area contributed by atoms with E-state index in [-0.39, 0.29) is 62.2 Å². The third-order valence-electron chi connectivity index (χ3n) is 2.49. The van der Waals surface area contributed by atoms with Crippen LogP contribution in [0.5, 0.6) is 0 Å². The largest absolute Gasteiger partial charge is 1.00 e. The molecular weight excluding hydrogens is 207 g/mol. The molecule has 0 fully saturated rings. The van der Waals surface area contributed by atoms with Crippen molar-refractivity contribution in [1.29, 1.82) is 0 Å². The molecule has 1 aromatic rings. The van der Waals surface area contributed by atoms with Gasteiger partial charge in [0.15, 0.2) is 0 Å². The zero-order valence-electron chi connectivity index (χ0n) is 11.2. The van der Waals surface area contributed by atoms with E-state index in [9.17, 15) is 0 Å². The standard InChI is InChI=1S/C14H21.K/c1-13(2,3)11-7-9-12(10-8-11)14(4,5)6;/h7-9H,1-6H3;/q-1;+1. The summed E-state index contributed by atoms with van der Waals surface area (Å²) in [6.45, 7) is 13.3. The molecule has 0 radical (unpaired) electrons. The fourth-order valence-electron chi connectivity index (χ4n) is 1.36. The fourth-order valence-corrected chi connectivity index (χ4v) is 1.36. The van der Waals surface area contributed by atoms with Crippen LogP contribution in [0.15, 0.2) is 18.2 Å². The summed E-state index contributed by atoms with van der Waals surface area (Å²) < 4.78 is 0. The Kier molecular flexibility index (Phi) is 5.77. The molecule has 0 atom stereocenters. The monoisotopic (exact) mass is 228 g/mol. The summed E-state index contributed by atoms with van der Waals surface area (Å²) in [6.07, 6.45) is 0. The van der Waals surface area contributed by atoms with Crippen molar-refractivity contribution in [3.8, 4) is 0 Å². The van der Waals surface area contributed by atoms with Crippen molar-refractivity contribution in [2.75, 3.05) is 0 Å². The Balaban J connectivity index is 0.00000196. The van der Waals surface area contributed by atoms with Gasteiger partial charge in [0.05, 0.1) is 0 Å². The van der Waals surface area contributed by atoms with E-state index >= 15 is 0 Å². The fraction of sp³-hybridized carbons (Fsp3) is 0.571. The number of hydrogen-bond acceptors (Lipinski definition) is 0. The minimum absolute atomic E-state index is 0. The maximum Gasteiger partial charge on any atom is 1.00 e. The van der Waals surface area contributed by atoms with Crippen LogP contribution in [-0.4, -0.2) is 0 Å². The summed E-state index contributed by atoms with van der Waals surface area (Å²) in [5.74, 6) is 0. The van der Waals surface area contributed by atoms with Crippen LogP contribution in [0.2, 0.25) is 0 Å². The molecule has 0 unspecified atom stereocenters. The molecule has 0 bridgehead atoms. The van der Waals surface area contributed by atoms with Gasteiger partial charge in [-0.1, -0.05) is 47.0 Å². The zero-order chi connectivity index (χ0) is 11.0. The predicted molar refractivity (Wildman–Crippen MR) is 62.7 cm³/mol. The van der Waals surface area contributed by atoms with Crippen LogP contribution in [0.1, 0.15) is 52.7 Å². The smallest absolute Gasteiger partial charge is 0.180 e. The molecule has 0 aliphatic carbocycles. The van der Waals surface area contributed by atoms with Gasteiger partial charge in [-0.3, -0.25) is 0 Å². The van der Waals surface area contributed by atoms with Crippen LogP contribution >= 0.6 is 0 Å². The Labute approximate surface area is 137 Å². The molecule has 0 nitrogen and oxygen atoms in total. The first kappa shape index (κ1) is 15.9. The molecule has 0 N–H and O–H groups in total. The number of rotatable bonds is 0. The Bertz CT molecular complexity index is 263. The van der Waals surface area contributed by atoms with Gasteiger partial charge in [-0.25, -0.2) is 0 Å². The minimum Gasteiger partial charge on any atom is -0.180 e. The van der Waals surface area contributed by atoms with Gasteiger partial charge in [-0.05, 0) is 5.41 Å². The molecule has 0 aliphatic heterocycles. The van der Waals surface area contributed by atoms with Crippen molar-refractivity contribution in [2.24, 2.45) is 0 Å². The molecule has 0 aliphatic rings. The van der Waals surface area contributed by atoms with E-state index in [1.807, 2.05) is 0 Å². The van der Waals surface area contributed by atoms with Crippen LogP contribution in [0.3, 0.4) is 0 Å². The van der Waals surface area contributed by atoms with Crippen molar-refractivity contribution >= 4 is 0 Å². The summed E-state index contributed by atoms with van der Waals surface area (Å²) in [4.78, 5) is 0. The molecule has 15 heavy (non-hydrogen) atoms. The third-order valence-corrected chi connectivity index (χ3v) is 2.49. The molecule has 1 rings (SSSR count). The van der Waals surface area contributed by atoms with Crippen LogP contribution in [-0.2, 0) is 10.8 Å².